The Labute approximate surface area is 204 Å². The van der Waals surface area contributed by atoms with Gasteiger partial charge in [-0.3, -0.25) is 4.79 Å². The molecule has 0 spiro atoms. The number of halogens is 2. The minimum atomic E-state index is -0.449. The third-order valence-electron chi connectivity index (χ3n) is 6.01. The maximum atomic E-state index is 13.7. The number of hydrogen-bond acceptors (Lipinski definition) is 2. The summed E-state index contributed by atoms with van der Waals surface area (Å²) in [4.78, 5) is 23.3. The number of carbonyl (C=O) groups is 1. The zero-order chi connectivity index (χ0) is 24.5. The smallest absolute Gasteiger partial charge is 0.274 e. The number of carbonyl (C=O) groups excluding carboxylic acids is 1. The maximum absolute atomic E-state index is 13.7. The Kier molecular flexibility index (Phi) is 6.76. The number of H-pyrrole nitrogens is 1. The van der Waals surface area contributed by atoms with Gasteiger partial charge in [0.25, 0.3) is 5.91 Å². The van der Waals surface area contributed by atoms with Crippen molar-refractivity contribution in [2.75, 3.05) is 6.54 Å². The number of aromatic amines is 1. The second-order valence-electron chi connectivity index (χ2n) is 9.73. The van der Waals surface area contributed by atoms with E-state index in [9.17, 15) is 9.18 Å². The summed E-state index contributed by atoms with van der Waals surface area (Å²) < 4.78 is 13.6. The van der Waals surface area contributed by atoms with Crippen molar-refractivity contribution < 1.29 is 9.18 Å². The molecule has 1 amide bonds. The third kappa shape index (κ3) is 5.31. The Morgan fingerprint density at radius 2 is 1.76 bits per heavy atom. The zero-order valence-corrected chi connectivity index (χ0v) is 20.7. The van der Waals surface area contributed by atoms with E-state index in [1.165, 1.54) is 11.6 Å². The van der Waals surface area contributed by atoms with Crippen molar-refractivity contribution in [3.8, 4) is 0 Å². The summed E-state index contributed by atoms with van der Waals surface area (Å²) in [5.41, 5.74) is 5.12. The van der Waals surface area contributed by atoms with Crippen LogP contribution in [0.5, 0.6) is 0 Å². The first-order valence-electron chi connectivity index (χ1n) is 11.4. The Bertz CT molecular complexity index is 1320. The van der Waals surface area contributed by atoms with Crippen LogP contribution in [-0.4, -0.2) is 27.3 Å². The second-order valence-corrected chi connectivity index (χ2v) is 10.1. The number of aromatic nitrogens is 2. The highest BCUT2D eigenvalue weighted by Crippen LogP contribution is 2.24. The van der Waals surface area contributed by atoms with Crippen molar-refractivity contribution >= 4 is 28.4 Å². The predicted molar refractivity (Wildman–Crippen MR) is 136 cm³/mol. The van der Waals surface area contributed by atoms with Gasteiger partial charge in [0.2, 0.25) is 0 Å². The highest BCUT2D eigenvalue weighted by molar-refractivity contribution is 6.30. The maximum Gasteiger partial charge on any atom is 0.274 e. The molecule has 0 saturated heterocycles. The van der Waals surface area contributed by atoms with Crippen LogP contribution in [0.15, 0.2) is 60.8 Å². The van der Waals surface area contributed by atoms with Crippen LogP contribution in [0.1, 0.15) is 53.6 Å². The first-order chi connectivity index (χ1) is 16.1. The number of fused-ring (bicyclic) bond motifs is 1. The molecule has 0 unspecified atom stereocenters. The van der Waals surface area contributed by atoms with E-state index in [1.54, 1.807) is 17.0 Å². The Morgan fingerprint density at radius 3 is 2.44 bits per heavy atom. The zero-order valence-electron chi connectivity index (χ0n) is 20.0. The van der Waals surface area contributed by atoms with Crippen molar-refractivity contribution in [3.05, 3.63) is 99.7 Å². The van der Waals surface area contributed by atoms with E-state index >= 15 is 0 Å². The first-order valence-corrected chi connectivity index (χ1v) is 11.8. The van der Waals surface area contributed by atoms with Crippen LogP contribution in [0.4, 0.5) is 4.39 Å². The Morgan fingerprint density at radius 1 is 1.06 bits per heavy atom. The summed E-state index contributed by atoms with van der Waals surface area (Å²) in [5.74, 6) is -0.598. The summed E-state index contributed by atoms with van der Waals surface area (Å²) in [6.45, 7) is 9.30. The number of aryl methyl sites for hydroxylation is 1. The van der Waals surface area contributed by atoms with Gasteiger partial charge < -0.3 is 9.88 Å². The molecule has 4 aromatic rings. The molecule has 0 radical (unpaired) electrons. The largest absolute Gasteiger partial charge is 0.359 e. The highest BCUT2D eigenvalue weighted by atomic mass is 35.5. The lowest BCUT2D eigenvalue weighted by molar-refractivity contribution is 0.0741. The highest BCUT2D eigenvalue weighted by Gasteiger charge is 2.22. The van der Waals surface area contributed by atoms with Gasteiger partial charge in [-0.05, 0) is 59.7 Å². The molecule has 0 aliphatic heterocycles. The molecule has 0 aliphatic carbocycles. The minimum Gasteiger partial charge on any atom is -0.359 e. The van der Waals surface area contributed by atoms with Crippen molar-refractivity contribution in [2.45, 2.75) is 46.1 Å². The lowest BCUT2D eigenvalue weighted by atomic mass is 9.87. The molecule has 176 valence electrons. The molecule has 6 heteroatoms. The first kappa shape index (κ1) is 24.0. The molecule has 34 heavy (non-hydrogen) atoms. The molecule has 4 nitrogen and oxygen atoms in total. The SMILES string of the molecule is Cc1cc2cc[nH]c2c(C(=O)N(CCc2ccc(F)c(Cl)c2)Cc2ccc(C(C)(C)C)cc2)n1. The molecule has 4 rings (SSSR count). The van der Waals surface area contributed by atoms with E-state index < -0.39 is 5.82 Å². The van der Waals surface area contributed by atoms with Crippen LogP contribution in [0.3, 0.4) is 0 Å². The van der Waals surface area contributed by atoms with E-state index in [-0.39, 0.29) is 16.3 Å². The molecule has 0 aliphatic rings. The standard InChI is InChI=1S/C28H29ClFN3O/c1-18-15-21-11-13-31-25(21)26(32-18)27(34)33(14-12-19-7-10-24(30)23(29)16-19)17-20-5-8-22(9-6-20)28(2,3)4/h5-11,13,15-16,31H,12,14,17H2,1-4H3. The van der Waals surface area contributed by atoms with Gasteiger partial charge in [-0.25, -0.2) is 9.37 Å². The van der Waals surface area contributed by atoms with E-state index in [2.05, 4.69) is 55.0 Å². The molecule has 1 N–H and O–H groups in total. The number of nitrogens with one attached hydrogen (secondary N) is 1. The van der Waals surface area contributed by atoms with E-state index in [0.717, 1.165) is 27.7 Å². The van der Waals surface area contributed by atoms with Crippen molar-refractivity contribution in [3.63, 3.8) is 0 Å². The molecular formula is C28H29ClFN3O. The van der Waals surface area contributed by atoms with Crippen LogP contribution in [0.2, 0.25) is 5.02 Å². The third-order valence-corrected chi connectivity index (χ3v) is 6.30. The van der Waals surface area contributed by atoms with Crippen molar-refractivity contribution in [2.24, 2.45) is 0 Å². The van der Waals surface area contributed by atoms with Crippen LogP contribution < -0.4 is 0 Å². The summed E-state index contributed by atoms with van der Waals surface area (Å²) >= 11 is 5.97. The fraction of sp³-hybridized carbons (Fsp3) is 0.286. The monoisotopic (exact) mass is 477 g/mol. The Balaban J connectivity index is 1.64. The van der Waals surface area contributed by atoms with Crippen LogP contribution in [0, 0.1) is 12.7 Å². The normalized spacial score (nSPS) is 11.7. The molecule has 2 heterocycles. The van der Waals surface area contributed by atoms with Gasteiger partial charge in [0.05, 0.1) is 10.5 Å². The fourth-order valence-corrected chi connectivity index (χ4v) is 4.25. The molecular weight excluding hydrogens is 449 g/mol. The molecule has 2 aromatic carbocycles. The van der Waals surface area contributed by atoms with Crippen LogP contribution in [0.25, 0.3) is 10.9 Å². The van der Waals surface area contributed by atoms with Gasteiger partial charge in [0.1, 0.15) is 5.82 Å². The molecule has 0 atom stereocenters. The van der Waals surface area contributed by atoms with Gasteiger partial charge in [0, 0.05) is 30.4 Å². The fourth-order valence-electron chi connectivity index (χ4n) is 4.04. The van der Waals surface area contributed by atoms with Crippen LogP contribution >= 0.6 is 11.6 Å². The van der Waals surface area contributed by atoms with Gasteiger partial charge >= 0.3 is 0 Å². The molecule has 0 fully saturated rings. The van der Waals surface area contributed by atoms with Gasteiger partial charge in [0.15, 0.2) is 5.69 Å². The van der Waals surface area contributed by atoms with Gasteiger partial charge in [-0.1, -0.05) is 62.7 Å². The summed E-state index contributed by atoms with van der Waals surface area (Å²) in [6.07, 6.45) is 2.37. The predicted octanol–water partition coefficient (Wildman–Crippen LogP) is 6.85. The average molecular weight is 478 g/mol. The number of amides is 1. The number of nitrogens with zero attached hydrogens (tertiary/aromatic N) is 2. The van der Waals surface area contributed by atoms with E-state index in [0.29, 0.717) is 25.2 Å². The van der Waals surface area contributed by atoms with Crippen molar-refractivity contribution in [1.29, 1.82) is 0 Å². The quantitative estimate of drug-likeness (QED) is 0.330. The topological polar surface area (TPSA) is 49.0 Å². The van der Waals surface area contributed by atoms with E-state index in [4.69, 9.17) is 11.6 Å². The van der Waals surface area contributed by atoms with Gasteiger partial charge in [-0.2, -0.15) is 0 Å². The number of rotatable bonds is 6. The number of pyridine rings is 1. The lowest BCUT2D eigenvalue weighted by Crippen LogP contribution is -2.33. The summed E-state index contributed by atoms with van der Waals surface area (Å²) in [6, 6.07) is 17.0. The molecule has 2 aromatic heterocycles. The summed E-state index contributed by atoms with van der Waals surface area (Å²) in [5, 5.41) is 1.04. The Hall–Kier alpha value is -3.18. The average Bonchev–Trinajstić information content (AvgIpc) is 3.26. The lowest BCUT2D eigenvalue weighted by Gasteiger charge is -2.24. The minimum absolute atomic E-state index is 0.0561. The molecule has 0 saturated carbocycles. The van der Waals surface area contributed by atoms with Crippen LogP contribution in [-0.2, 0) is 18.4 Å². The number of benzene rings is 2. The number of hydrogen-bond donors (Lipinski definition) is 1. The van der Waals surface area contributed by atoms with Crippen molar-refractivity contribution in [1.82, 2.24) is 14.9 Å². The summed E-state index contributed by atoms with van der Waals surface area (Å²) in [7, 11) is 0. The van der Waals surface area contributed by atoms with E-state index in [1.807, 2.05) is 25.3 Å². The van der Waals surface area contributed by atoms with Gasteiger partial charge in [-0.15, -0.1) is 0 Å². The second kappa shape index (κ2) is 9.59. The molecule has 0 bridgehead atoms.